The van der Waals surface area contributed by atoms with Crippen LogP contribution in [0.3, 0.4) is 0 Å². The van der Waals surface area contributed by atoms with Crippen molar-refractivity contribution in [2.75, 3.05) is 0 Å². The molecule has 0 bridgehead atoms. The number of rotatable bonds is 3. The summed E-state index contributed by atoms with van der Waals surface area (Å²) in [5.74, 6) is 0.736. The van der Waals surface area contributed by atoms with Gasteiger partial charge in [0.1, 0.15) is 0 Å². The van der Waals surface area contributed by atoms with E-state index in [1.165, 1.54) is 12.8 Å². The summed E-state index contributed by atoms with van der Waals surface area (Å²) in [6.45, 7) is 3.65. The summed E-state index contributed by atoms with van der Waals surface area (Å²) in [5, 5.41) is 2.40. The molecule has 1 aliphatic carbocycles. The quantitative estimate of drug-likeness (QED) is 0.771. The second-order valence-corrected chi connectivity index (χ2v) is 3.81. The predicted molar refractivity (Wildman–Crippen MR) is 59.7 cm³/mol. The fourth-order valence-corrected chi connectivity index (χ4v) is 1.96. The molecule has 0 spiro atoms. The molecular weight excluding hydrogens is 190 g/mol. The summed E-state index contributed by atoms with van der Waals surface area (Å²) >= 11 is 0. The lowest BCUT2D eigenvalue weighted by Crippen LogP contribution is -2.06. The van der Waals surface area contributed by atoms with Crippen molar-refractivity contribution in [2.45, 2.75) is 32.1 Å². The predicted octanol–water partition coefficient (Wildman–Crippen LogP) is 2.65. The van der Waals surface area contributed by atoms with Crippen LogP contribution in [0.2, 0.25) is 0 Å². The van der Waals surface area contributed by atoms with E-state index >= 15 is 0 Å². The average Bonchev–Trinajstić information content (AvgIpc) is 2.63. The maximum Gasteiger partial charge on any atom is 0.284 e. The van der Waals surface area contributed by atoms with Crippen LogP contribution < -0.4 is 5.56 Å². The van der Waals surface area contributed by atoms with Gasteiger partial charge in [0.05, 0.1) is 5.56 Å². The van der Waals surface area contributed by atoms with E-state index in [-0.39, 0.29) is 5.56 Å². The zero-order valence-electron chi connectivity index (χ0n) is 8.71. The first-order chi connectivity index (χ1) is 7.33. The van der Waals surface area contributed by atoms with Crippen LogP contribution in [0.5, 0.6) is 0 Å². The maximum absolute atomic E-state index is 11.4. The molecule has 1 aromatic heterocycles. The van der Waals surface area contributed by atoms with Crippen molar-refractivity contribution in [2.24, 2.45) is 0 Å². The number of aromatic nitrogens is 1. The zero-order valence-corrected chi connectivity index (χ0v) is 8.71. The summed E-state index contributed by atoms with van der Waals surface area (Å²) in [4.78, 5) is 11.4. The van der Waals surface area contributed by atoms with Gasteiger partial charge in [0.25, 0.3) is 5.56 Å². The molecule has 3 heteroatoms. The standard InChI is InChI=1S/C12H15NO2/c1-2-6-10-11(15-13-12(10)14)9-7-4-3-5-8-9/h2,7H,1,3-6,8H2,(H,13,14). The molecule has 0 aliphatic heterocycles. The van der Waals surface area contributed by atoms with Gasteiger partial charge in [0.15, 0.2) is 5.76 Å². The Hall–Kier alpha value is -1.51. The van der Waals surface area contributed by atoms with Crippen LogP contribution in [0.25, 0.3) is 5.57 Å². The van der Waals surface area contributed by atoms with Gasteiger partial charge in [0.2, 0.25) is 0 Å². The van der Waals surface area contributed by atoms with Crippen LogP contribution in [-0.4, -0.2) is 5.16 Å². The lowest BCUT2D eigenvalue weighted by molar-refractivity contribution is 0.401. The average molecular weight is 205 g/mol. The molecule has 1 heterocycles. The summed E-state index contributed by atoms with van der Waals surface area (Å²) in [5.41, 5.74) is 1.74. The van der Waals surface area contributed by atoms with E-state index in [2.05, 4.69) is 17.8 Å². The highest BCUT2D eigenvalue weighted by Gasteiger charge is 2.16. The smallest absolute Gasteiger partial charge is 0.284 e. The van der Waals surface area contributed by atoms with Crippen molar-refractivity contribution in [1.29, 1.82) is 0 Å². The van der Waals surface area contributed by atoms with Gasteiger partial charge >= 0.3 is 0 Å². The highest BCUT2D eigenvalue weighted by molar-refractivity contribution is 5.64. The molecule has 0 unspecified atom stereocenters. The Morgan fingerprint density at radius 1 is 1.53 bits per heavy atom. The third kappa shape index (κ3) is 1.96. The van der Waals surface area contributed by atoms with E-state index in [4.69, 9.17) is 4.52 Å². The van der Waals surface area contributed by atoms with Crippen molar-refractivity contribution in [3.05, 3.63) is 40.4 Å². The number of H-pyrrole nitrogens is 1. The lowest BCUT2D eigenvalue weighted by atomic mass is 9.95. The van der Waals surface area contributed by atoms with Gasteiger partial charge in [-0.2, -0.15) is 5.16 Å². The zero-order chi connectivity index (χ0) is 10.7. The molecule has 0 aromatic carbocycles. The molecule has 0 fully saturated rings. The second-order valence-electron chi connectivity index (χ2n) is 3.81. The minimum Gasteiger partial charge on any atom is -0.378 e. The largest absolute Gasteiger partial charge is 0.378 e. The normalized spacial score (nSPS) is 16.1. The van der Waals surface area contributed by atoms with E-state index in [1.54, 1.807) is 6.08 Å². The first kappa shape index (κ1) is 10.0. The second kappa shape index (κ2) is 4.34. The lowest BCUT2D eigenvalue weighted by Gasteiger charge is -2.10. The molecule has 0 amide bonds. The van der Waals surface area contributed by atoms with Crippen molar-refractivity contribution in [1.82, 2.24) is 5.16 Å². The maximum atomic E-state index is 11.4. The highest BCUT2D eigenvalue weighted by atomic mass is 16.5. The number of allylic oxidation sites excluding steroid dienone is 3. The molecule has 3 nitrogen and oxygen atoms in total. The number of aromatic amines is 1. The van der Waals surface area contributed by atoms with Gasteiger partial charge in [-0.3, -0.25) is 4.79 Å². The van der Waals surface area contributed by atoms with Gasteiger partial charge in [0, 0.05) is 0 Å². The number of hydrogen-bond acceptors (Lipinski definition) is 2. The number of nitrogens with one attached hydrogen (secondary N) is 1. The number of hydrogen-bond donors (Lipinski definition) is 1. The summed E-state index contributed by atoms with van der Waals surface area (Å²) in [6.07, 6.45) is 8.96. The molecule has 15 heavy (non-hydrogen) atoms. The fourth-order valence-electron chi connectivity index (χ4n) is 1.96. The van der Waals surface area contributed by atoms with Gasteiger partial charge in [-0.25, -0.2) is 0 Å². The minimum atomic E-state index is -0.128. The summed E-state index contributed by atoms with van der Waals surface area (Å²) < 4.78 is 5.23. The molecule has 0 atom stereocenters. The first-order valence-electron chi connectivity index (χ1n) is 5.33. The van der Waals surface area contributed by atoms with Gasteiger partial charge in [-0.15, -0.1) is 6.58 Å². The molecule has 0 radical (unpaired) electrons. The van der Waals surface area contributed by atoms with Gasteiger partial charge in [-0.1, -0.05) is 12.2 Å². The fraction of sp³-hybridized carbons (Fsp3) is 0.417. The van der Waals surface area contributed by atoms with Crippen molar-refractivity contribution >= 4 is 5.57 Å². The van der Waals surface area contributed by atoms with E-state index in [9.17, 15) is 4.79 Å². The van der Waals surface area contributed by atoms with Crippen molar-refractivity contribution in [3.63, 3.8) is 0 Å². The monoisotopic (exact) mass is 205 g/mol. The Labute approximate surface area is 88.5 Å². The Kier molecular flexibility index (Phi) is 2.90. The Morgan fingerprint density at radius 3 is 3.07 bits per heavy atom. The van der Waals surface area contributed by atoms with Crippen LogP contribution in [0.1, 0.15) is 37.0 Å². The molecule has 80 valence electrons. The van der Waals surface area contributed by atoms with Crippen LogP contribution in [0.15, 0.2) is 28.0 Å². The van der Waals surface area contributed by atoms with Crippen LogP contribution in [0, 0.1) is 0 Å². The molecule has 1 N–H and O–H groups in total. The van der Waals surface area contributed by atoms with E-state index in [1.807, 2.05) is 0 Å². The summed E-state index contributed by atoms with van der Waals surface area (Å²) in [7, 11) is 0. The van der Waals surface area contributed by atoms with Crippen molar-refractivity contribution < 1.29 is 4.52 Å². The molecule has 0 saturated heterocycles. The van der Waals surface area contributed by atoms with Crippen LogP contribution >= 0.6 is 0 Å². The molecule has 0 saturated carbocycles. The third-order valence-corrected chi connectivity index (χ3v) is 2.73. The Balaban J connectivity index is 2.38. The minimum absolute atomic E-state index is 0.128. The van der Waals surface area contributed by atoms with Gasteiger partial charge in [-0.05, 0) is 37.7 Å². The Morgan fingerprint density at radius 2 is 2.40 bits per heavy atom. The summed E-state index contributed by atoms with van der Waals surface area (Å²) in [6, 6.07) is 0. The van der Waals surface area contributed by atoms with Gasteiger partial charge < -0.3 is 4.52 Å². The van der Waals surface area contributed by atoms with Crippen molar-refractivity contribution in [3.8, 4) is 0 Å². The van der Waals surface area contributed by atoms with E-state index in [0.29, 0.717) is 12.0 Å². The first-order valence-corrected chi connectivity index (χ1v) is 5.33. The molecule has 1 aromatic rings. The Bertz CT molecular complexity index is 437. The topological polar surface area (TPSA) is 46.0 Å². The highest BCUT2D eigenvalue weighted by Crippen LogP contribution is 2.27. The van der Waals surface area contributed by atoms with Crippen LogP contribution in [-0.2, 0) is 6.42 Å². The SMILES string of the molecule is C=CCc1c(C2=CCCCC2)o[nH]c1=O. The third-order valence-electron chi connectivity index (χ3n) is 2.73. The molecule has 1 aliphatic rings. The molecule has 2 rings (SSSR count). The van der Waals surface area contributed by atoms with E-state index < -0.39 is 0 Å². The van der Waals surface area contributed by atoms with Crippen LogP contribution in [0.4, 0.5) is 0 Å². The van der Waals surface area contributed by atoms with E-state index in [0.717, 1.165) is 24.2 Å². The molecular formula is C12H15NO2.